The maximum absolute atomic E-state index is 9.40. The van der Waals surface area contributed by atoms with E-state index in [2.05, 4.69) is 9.97 Å². The monoisotopic (exact) mass is 246 g/mol. The normalized spacial score (nSPS) is 12.4. The van der Waals surface area contributed by atoms with Crippen LogP contribution in [0.3, 0.4) is 0 Å². The number of aryl methyl sites for hydroxylation is 1. The van der Waals surface area contributed by atoms with Gasteiger partial charge >= 0.3 is 0 Å². The first kappa shape index (κ1) is 12.1. The summed E-state index contributed by atoms with van der Waals surface area (Å²) in [4.78, 5) is 9.53. The van der Waals surface area contributed by atoms with E-state index in [4.69, 9.17) is 0 Å². The molecule has 0 aliphatic rings. The molecule has 0 aliphatic heterocycles. The zero-order chi connectivity index (χ0) is 12.3. The van der Waals surface area contributed by atoms with Gasteiger partial charge < -0.3 is 5.11 Å². The van der Waals surface area contributed by atoms with Crippen LogP contribution >= 0.6 is 11.8 Å². The topological polar surface area (TPSA) is 46.0 Å². The van der Waals surface area contributed by atoms with Crippen molar-refractivity contribution in [3.63, 3.8) is 0 Å². The first-order valence-electron chi connectivity index (χ1n) is 5.39. The minimum atomic E-state index is -0.426. The lowest BCUT2D eigenvalue weighted by atomic mass is 10.1. The van der Waals surface area contributed by atoms with Crippen molar-refractivity contribution in [2.45, 2.75) is 30.0 Å². The highest BCUT2D eigenvalue weighted by Gasteiger charge is 2.03. The number of aromatic nitrogens is 2. The second-order valence-electron chi connectivity index (χ2n) is 3.89. The van der Waals surface area contributed by atoms with Crippen LogP contribution < -0.4 is 0 Å². The zero-order valence-electron chi connectivity index (χ0n) is 9.79. The van der Waals surface area contributed by atoms with Crippen LogP contribution in [-0.4, -0.2) is 15.1 Å². The Morgan fingerprint density at radius 2 is 1.71 bits per heavy atom. The lowest BCUT2D eigenvalue weighted by Gasteiger charge is -2.05. The molecule has 0 spiro atoms. The molecule has 17 heavy (non-hydrogen) atoms. The number of rotatable bonds is 3. The van der Waals surface area contributed by atoms with Gasteiger partial charge in [0.2, 0.25) is 0 Å². The summed E-state index contributed by atoms with van der Waals surface area (Å²) < 4.78 is 0. The summed E-state index contributed by atoms with van der Waals surface area (Å²) in [5.74, 6) is 0. The largest absolute Gasteiger partial charge is 0.389 e. The highest BCUT2D eigenvalue weighted by Crippen LogP contribution is 2.25. The number of aliphatic hydroxyl groups excluding tert-OH is 1. The second kappa shape index (κ2) is 5.29. The van der Waals surface area contributed by atoms with Crippen LogP contribution in [0.4, 0.5) is 0 Å². The quantitative estimate of drug-likeness (QED) is 0.846. The van der Waals surface area contributed by atoms with Gasteiger partial charge in [-0.1, -0.05) is 12.1 Å². The predicted octanol–water partition coefficient (Wildman–Crippen LogP) is 2.99. The Hall–Kier alpha value is -1.39. The molecule has 0 bridgehead atoms. The van der Waals surface area contributed by atoms with E-state index in [1.54, 1.807) is 19.3 Å². The van der Waals surface area contributed by atoms with E-state index in [1.807, 2.05) is 31.2 Å². The first-order valence-corrected chi connectivity index (χ1v) is 6.21. The van der Waals surface area contributed by atoms with Crippen molar-refractivity contribution < 1.29 is 5.11 Å². The molecule has 0 saturated carbocycles. The van der Waals surface area contributed by atoms with E-state index in [-0.39, 0.29) is 0 Å². The van der Waals surface area contributed by atoms with Gasteiger partial charge in [-0.05, 0) is 48.9 Å². The third-order valence-electron chi connectivity index (χ3n) is 2.33. The Balaban J connectivity index is 2.11. The molecule has 4 heteroatoms. The van der Waals surface area contributed by atoms with Crippen LogP contribution in [0.25, 0.3) is 0 Å². The van der Waals surface area contributed by atoms with E-state index in [0.29, 0.717) is 0 Å². The SMILES string of the molecule is Cc1cnc(Sc2ccc(C(C)O)cc2)nc1. The summed E-state index contributed by atoms with van der Waals surface area (Å²) in [6, 6.07) is 7.77. The summed E-state index contributed by atoms with van der Waals surface area (Å²) >= 11 is 1.51. The lowest BCUT2D eigenvalue weighted by Crippen LogP contribution is -1.90. The molecule has 0 fully saturated rings. The highest BCUT2D eigenvalue weighted by atomic mass is 32.2. The maximum atomic E-state index is 9.40. The van der Waals surface area contributed by atoms with Crippen LogP contribution in [0.2, 0.25) is 0 Å². The second-order valence-corrected chi connectivity index (χ2v) is 4.93. The molecule has 0 saturated heterocycles. The Morgan fingerprint density at radius 3 is 2.24 bits per heavy atom. The Bertz CT molecular complexity index is 480. The molecule has 1 aromatic carbocycles. The molecule has 2 aromatic rings. The van der Waals surface area contributed by atoms with Gasteiger partial charge in [0, 0.05) is 17.3 Å². The van der Waals surface area contributed by atoms with Crippen LogP contribution in [0, 0.1) is 6.92 Å². The number of hydrogen-bond acceptors (Lipinski definition) is 4. The summed E-state index contributed by atoms with van der Waals surface area (Å²) in [7, 11) is 0. The molecule has 1 heterocycles. The van der Waals surface area contributed by atoms with Gasteiger partial charge in [0.05, 0.1) is 6.10 Å². The molecule has 0 aliphatic carbocycles. The molecule has 1 atom stereocenters. The molecule has 1 N–H and O–H groups in total. The fraction of sp³-hybridized carbons (Fsp3) is 0.231. The fourth-order valence-corrected chi connectivity index (χ4v) is 2.05. The summed E-state index contributed by atoms with van der Waals surface area (Å²) in [5, 5.41) is 10.1. The van der Waals surface area contributed by atoms with E-state index in [9.17, 15) is 5.11 Å². The average Bonchev–Trinajstić information content (AvgIpc) is 2.33. The smallest absolute Gasteiger partial charge is 0.192 e. The zero-order valence-corrected chi connectivity index (χ0v) is 10.6. The van der Waals surface area contributed by atoms with Gasteiger partial charge in [-0.25, -0.2) is 9.97 Å². The van der Waals surface area contributed by atoms with Crippen LogP contribution in [0.15, 0.2) is 46.7 Å². The first-order chi connectivity index (χ1) is 8.15. The third-order valence-corrected chi connectivity index (χ3v) is 3.23. The standard InChI is InChI=1S/C13H14N2OS/c1-9-7-14-13(15-8-9)17-12-5-3-11(4-6-12)10(2)16/h3-8,10,16H,1-2H3. The minimum absolute atomic E-state index is 0.426. The molecular formula is C13H14N2OS. The van der Waals surface area contributed by atoms with E-state index in [0.717, 1.165) is 21.2 Å². The average molecular weight is 246 g/mol. The van der Waals surface area contributed by atoms with Crippen molar-refractivity contribution in [1.82, 2.24) is 9.97 Å². The summed E-state index contributed by atoms with van der Waals surface area (Å²) in [5.41, 5.74) is 1.97. The Kier molecular flexibility index (Phi) is 3.76. The van der Waals surface area contributed by atoms with Crippen molar-refractivity contribution in [2.24, 2.45) is 0 Å². The van der Waals surface area contributed by atoms with Gasteiger partial charge in [-0.2, -0.15) is 0 Å². The molecule has 1 aromatic heterocycles. The van der Waals surface area contributed by atoms with Crippen LogP contribution in [-0.2, 0) is 0 Å². The fourth-order valence-electron chi connectivity index (χ4n) is 1.35. The third kappa shape index (κ3) is 3.28. The predicted molar refractivity (Wildman–Crippen MR) is 68.0 cm³/mol. The van der Waals surface area contributed by atoms with Crippen LogP contribution in [0.1, 0.15) is 24.2 Å². The molecular weight excluding hydrogens is 232 g/mol. The van der Waals surface area contributed by atoms with Crippen molar-refractivity contribution >= 4 is 11.8 Å². The number of benzene rings is 1. The molecule has 88 valence electrons. The van der Waals surface area contributed by atoms with Gasteiger partial charge in [-0.3, -0.25) is 0 Å². The maximum Gasteiger partial charge on any atom is 0.192 e. The summed E-state index contributed by atoms with van der Waals surface area (Å²) in [6.45, 7) is 3.72. The van der Waals surface area contributed by atoms with Crippen LogP contribution in [0.5, 0.6) is 0 Å². The van der Waals surface area contributed by atoms with Gasteiger partial charge in [0.25, 0.3) is 0 Å². The van der Waals surface area contributed by atoms with Gasteiger partial charge in [0.15, 0.2) is 5.16 Å². The Morgan fingerprint density at radius 1 is 1.12 bits per heavy atom. The van der Waals surface area contributed by atoms with E-state index >= 15 is 0 Å². The molecule has 2 rings (SSSR count). The van der Waals surface area contributed by atoms with Gasteiger partial charge in [-0.15, -0.1) is 0 Å². The Labute approximate surface area is 105 Å². The number of hydrogen-bond donors (Lipinski definition) is 1. The lowest BCUT2D eigenvalue weighted by molar-refractivity contribution is 0.199. The molecule has 1 unspecified atom stereocenters. The molecule has 3 nitrogen and oxygen atoms in total. The number of nitrogens with zero attached hydrogens (tertiary/aromatic N) is 2. The molecule has 0 radical (unpaired) electrons. The van der Waals surface area contributed by atoms with Crippen molar-refractivity contribution in [3.05, 3.63) is 47.8 Å². The van der Waals surface area contributed by atoms with Crippen molar-refractivity contribution in [2.75, 3.05) is 0 Å². The molecule has 0 amide bonds. The van der Waals surface area contributed by atoms with E-state index < -0.39 is 6.10 Å². The van der Waals surface area contributed by atoms with Crippen molar-refractivity contribution in [3.8, 4) is 0 Å². The van der Waals surface area contributed by atoms with Gasteiger partial charge in [0.1, 0.15) is 0 Å². The highest BCUT2D eigenvalue weighted by molar-refractivity contribution is 7.99. The summed E-state index contributed by atoms with van der Waals surface area (Å²) in [6.07, 6.45) is 3.18. The minimum Gasteiger partial charge on any atom is -0.389 e. The van der Waals surface area contributed by atoms with Crippen molar-refractivity contribution in [1.29, 1.82) is 0 Å². The number of aliphatic hydroxyl groups is 1. The van der Waals surface area contributed by atoms with E-state index in [1.165, 1.54) is 11.8 Å².